The summed E-state index contributed by atoms with van der Waals surface area (Å²) in [4.78, 5) is 58.1. The molecule has 0 spiro atoms. The van der Waals surface area contributed by atoms with Crippen LogP contribution in [0, 0.1) is 0 Å². The lowest BCUT2D eigenvalue weighted by atomic mass is 9.90. The zero-order valence-electron chi connectivity index (χ0n) is 24.1. The van der Waals surface area contributed by atoms with Crippen LogP contribution in [0.4, 0.5) is 0 Å². The highest BCUT2D eigenvalue weighted by Crippen LogP contribution is 2.32. The molecule has 0 radical (unpaired) electrons. The number of nitrogens with zero attached hydrogens (tertiary/aromatic N) is 2. The first-order valence-corrected chi connectivity index (χ1v) is 14.8. The van der Waals surface area contributed by atoms with Crippen molar-refractivity contribution >= 4 is 23.5 Å². The van der Waals surface area contributed by atoms with Crippen LogP contribution in [0.15, 0.2) is 115 Å². The minimum atomic E-state index is -0.979. The summed E-state index contributed by atoms with van der Waals surface area (Å²) >= 11 is 0. The SMILES string of the molecule is O=C(N[C@@H](Cc1ccc(O)cc1)C(=O)N1CC[C@@H]2[C@H]1C(=O)CN2C(=O)c1ccccc1)C(c1ccccc1)c1ccccc1. The third-order valence-electron chi connectivity index (χ3n) is 8.51. The molecule has 2 fully saturated rings. The molecule has 8 nitrogen and oxygen atoms in total. The van der Waals surface area contributed by atoms with E-state index in [0.717, 1.165) is 16.7 Å². The molecule has 0 aromatic heterocycles. The van der Waals surface area contributed by atoms with E-state index >= 15 is 0 Å². The van der Waals surface area contributed by atoms with Crippen molar-refractivity contribution in [1.29, 1.82) is 0 Å². The molecular weight excluding hydrogens is 554 g/mol. The molecule has 2 aliphatic rings. The van der Waals surface area contributed by atoms with E-state index in [0.29, 0.717) is 18.5 Å². The normalized spacial score (nSPS) is 18.2. The molecule has 0 unspecified atom stereocenters. The fourth-order valence-electron chi connectivity index (χ4n) is 6.39. The molecule has 8 heteroatoms. The van der Waals surface area contributed by atoms with Crippen LogP contribution in [0.3, 0.4) is 0 Å². The Labute approximate surface area is 255 Å². The largest absolute Gasteiger partial charge is 0.508 e. The van der Waals surface area contributed by atoms with E-state index in [4.69, 9.17) is 0 Å². The Morgan fingerprint density at radius 3 is 1.93 bits per heavy atom. The quantitative estimate of drug-likeness (QED) is 0.325. The first kappa shape index (κ1) is 28.9. The Kier molecular flexibility index (Phi) is 8.23. The summed E-state index contributed by atoms with van der Waals surface area (Å²) in [7, 11) is 0. The zero-order chi connectivity index (χ0) is 30.6. The predicted molar refractivity (Wildman–Crippen MR) is 165 cm³/mol. The monoisotopic (exact) mass is 587 g/mol. The second-order valence-electron chi connectivity index (χ2n) is 11.3. The number of benzene rings is 4. The summed E-state index contributed by atoms with van der Waals surface area (Å²) in [6.07, 6.45) is 0.632. The number of likely N-dealkylation sites (tertiary alicyclic amines) is 2. The smallest absolute Gasteiger partial charge is 0.254 e. The van der Waals surface area contributed by atoms with Gasteiger partial charge in [0, 0.05) is 18.5 Å². The van der Waals surface area contributed by atoms with Crippen molar-refractivity contribution in [2.45, 2.75) is 36.9 Å². The standard InChI is InChI=1S/C36H33N3O5/c40-28-18-16-24(17-19-28)22-29(37-34(42)32(25-10-4-1-5-11-25)26-12-6-2-7-13-26)36(44)38-21-20-30-33(38)31(41)23-39(30)35(43)27-14-8-3-9-15-27/h1-19,29-30,32-33,40H,20-23H2,(H,37,42)/t29-,30+,33-/m0/s1. The second kappa shape index (κ2) is 12.6. The number of rotatable bonds is 8. The van der Waals surface area contributed by atoms with E-state index in [1.807, 2.05) is 66.7 Å². The topological polar surface area (TPSA) is 107 Å². The fraction of sp³-hybridized carbons (Fsp3) is 0.222. The van der Waals surface area contributed by atoms with E-state index in [1.54, 1.807) is 41.3 Å². The van der Waals surface area contributed by atoms with Crippen LogP contribution in [0.5, 0.6) is 5.75 Å². The number of phenolic OH excluding ortho intramolecular Hbond substituents is 1. The van der Waals surface area contributed by atoms with Crippen LogP contribution in [-0.4, -0.2) is 69.6 Å². The molecule has 0 bridgehead atoms. The molecule has 4 aromatic rings. The number of carbonyl (C=O) groups excluding carboxylic acids is 4. The summed E-state index contributed by atoms with van der Waals surface area (Å²) in [5.74, 6) is -1.70. The number of carbonyl (C=O) groups is 4. The molecule has 0 saturated carbocycles. The third-order valence-corrected chi connectivity index (χ3v) is 8.51. The molecule has 222 valence electrons. The molecule has 2 heterocycles. The van der Waals surface area contributed by atoms with Gasteiger partial charge in [0.15, 0.2) is 5.78 Å². The molecular formula is C36H33N3O5. The summed E-state index contributed by atoms with van der Waals surface area (Å²) in [6.45, 7) is 0.229. The van der Waals surface area contributed by atoms with Crippen molar-refractivity contribution in [3.8, 4) is 5.75 Å². The number of aromatic hydroxyl groups is 1. The Morgan fingerprint density at radius 1 is 0.773 bits per heavy atom. The van der Waals surface area contributed by atoms with Crippen LogP contribution in [-0.2, 0) is 20.8 Å². The lowest BCUT2D eigenvalue weighted by Crippen LogP contribution is -2.54. The molecule has 0 aliphatic carbocycles. The van der Waals surface area contributed by atoms with E-state index in [1.165, 1.54) is 17.0 Å². The minimum Gasteiger partial charge on any atom is -0.508 e. The minimum absolute atomic E-state index is 0.0636. The number of amides is 3. The Balaban J connectivity index is 1.28. The maximum Gasteiger partial charge on any atom is 0.254 e. The van der Waals surface area contributed by atoms with Gasteiger partial charge in [0.2, 0.25) is 11.8 Å². The molecule has 44 heavy (non-hydrogen) atoms. The van der Waals surface area contributed by atoms with E-state index < -0.39 is 24.0 Å². The van der Waals surface area contributed by atoms with Gasteiger partial charge in [-0.2, -0.15) is 0 Å². The first-order valence-electron chi connectivity index (χ1n) is 14.8. The number of Topliss-reactive ketones (excluding diaryl/α,β-unsaturated/α-hetero) is 1. The van der Waals surface area contributed by atoms with Crippen LogP contribution < -0.4 is 5.32 Å². The number of hydrogen-bond acceptors (Lipinski definition) is 5. The average molecular weight is 588 g/mol. The van der Waals surface area contributed by atoms with E-state index in [-0.39, 0.29) is 42.2 Å². The highest BCUT2D eigenvalue weighted by molar-refractivity contribution is 6.03. The van der Waals surface area contributed by atoms with Crippen molar-refractivity contribution in [3.05, 3.63) is 138 Å². The predicted octanol–water partition coefficient (Wildman–Crippen LogP) is 3.95. The van der Waals surface area contributed by atoms with Crippen LogP contribution in [0.1, 0.15) is 39.4 Å². The number of hydrogen-bond donors (Lipinski definition) is 2. The van der Waals surface area contributed by atoms with Crippen LogP contribution >= 0.6 is 0 Å². The van der Waals surface area contributed by atoms with Gasteiger partial charge in [-0.1, -0.05) is 91.0 Å². The number of ketones is 1. The summed E-state index contributed by atoms with van der Waals surface area (Å²) in [6, 6.07) is 31.9. The van der Waals surface area contributed by atoms with Gasteiger partial charge < -0.3 is 20.2 Å². The molecule has 2 N–H and O–H groups in total. The fourth-order valence-corrected chi connectivity index (χ4v) is 6.39. The van der Waals surface area contributed by atoms with Gasteiger partial charge in [-0.25, -0.2) is 0 Å². The number of fused-ring (bicyclic) bond motifs is 1. The van der Waals surface area contributed by atoms with Crippen molar-refractivity contribution < 1.29 is 24.3 Å². The van der Waals surface area contributed by atoms with E-state index in [9.17, 15) is 24.3 Å². The molecule has 2 aliphatic heterocycles. The Hall–Kier alpha value is -5.24. The van der Waals surface area contributed by atoms with E-state index in [2.05, 4.69) is 5.32 Å². The van der Waals surface area contributed by atoms with Gasteiger partial charge in [-0.05, 0) is 47.4 Å². The van der Waals surface area contributed by atoms with Crippen molar-refractivity contribution in [1.82, 2.24) is 15.1 Å². The van der Waals surface area contributed by atoms with Gasteiger partial charge in [0.25, 0.3) is 5.91 Å². The van der Waals surface area contributed by atoms with Gasteiger partial charge in [-0.3, -0.25) is 19.2 Å². The van der Waals surface area contributed by atoms with Gasteiger partial charge in [-0.15, -0.1) is 0 Å². The third kappa shape index (κ3) is 5.83. The summed E-state index contributed by atoms with van der Waals surface area (Å²) < 4.78 is 0. The van der Waals surface area contributed by atoms with Crippen LogP contribution in [0.25, 0.3) is 0 Å². The van der Waals surface area contributed by atoms with Crippen molar-refractivity contribution in [3.63, 3.8) is 0 Å². The Morgan fingerprint density at radius 2 is 1.34 bits per heavy atom. The molecule has 4 aromatic carbocycles. The maximum absolute atomic E-state index is 14.3. The number of phenols is 1. The highest BCUT2D eigenvalue weighted by atomic mass is 16.3. The molecule has 3 amide bonds. The molecule has 3 atom stereocenters. The zero-order valence-corrected chi connectivity index (χ0v) is 24.1. The second-order valence-corrected chi connectivity index (χ2v) is 11.3. The summed E-state index contributed by atoms with van der Waals surface area (Å²) in [5, 5.41) is 12.8. The molecule has 2 saturated heterocycles. The van der Waals surface area contributed by atoms with Crippen molar-refractivity contribution in [2.24, 2.45) is 0 Å². The lowest BCUT2D eigenvalue weighted by Gasteiger charge is -2.29. The summed E-state index contributed by atoms with van der Waals surface area (Å²) in [5.41, 5.74) is 2.81. The van der Waals surface area contributed by atoms with Crippen LogP contribution in [0.2, 0.25) is 0 Å². The van der Waals surface area contributed by atoms with Gasteiger partial charge >= 0.3 is 0 Å². The average Bonchev–Trinajstić information content (AvgIpc) is 3.64. The Bertz CT molecular complexity index is 1600. The number of nitrogens with one attached hydrogen (secondary N) is 1. The van der Waals surface area contributed by atoms with Gasteiger partial charge in [0.1, 0.15) is 17.8 Å². The first-order chi connectivity index (χ1) is 21.4. The lowest BCUT2D eigenvalue weighted by molar-refractivity contribution is -0.140. The highest BCUT2D eigenvalue weighted by Gasteiger charge is 2.52. The van der Waals surface area contributed by atoms with Crippen molar-refractivity contribution in [2.75, 3.05) is 13.1 Å². The maximum atomic E-state index is 14.3. The molecule has 6 rings (SSSR count). The van der Waals surface area contributed by atoms with Gasteiger partial charge in [0.05, 0.1) is 18.5 Å².